The Morgan fingerprint density at radius 1 is 0.476 bits per heavy atom. The van der Waals surface area contributed by atoms with Crippen LogP contribution in [0.5, 0.6) is 5.75 Å². The molecule has 0 N–H and O–H groups in total. The van der Waals surface area contributed by atoms with E-state index in [1.54, 1.807) is 31.4 Å². The molecule has 0 aliphatic heterocycles. The molecule has 0 spiro atoms. The summed E-state index contributed by atoms with van der Waals surface area (Å²) in [7, 11) is 1.71. The summed E-state index contributed by atoms with van der Waals surface area (Å²) in [5.41, 5.74) is 6.09. The summed E-state index contributed by atoms with van der Waals surface area (Å²) in [5, 5.41) is 0. The van der Waals surface area contributed by atoms with Crippen LogP contribution in [0.25, 0.3) is 0 Å². The molecule has 0 aliphatic carbocycles. The molecule has 2 unspecified atom stereocenters. The Morgan fingerprint density at radius 2 is 0.825 bits per heavy atom. The fraction of sp³-hybridized carbons (Fsp3) is 0.655. The molecule has 63 heavy (non-hydrogen) atoms. The van der Waals surface area contributed by atoms with Gasteiger partial charge in [0.25, 0.3) is 0 Å². The SMILES string of the molecule is COc1ccc(C(C)(C)CC(C)(C)CC(C)(C)CCCC(C)CCOC(=O)c2ccc(C(=O)OCCC(C)CCCC(C)(C)CC(C)(C)CC(C)(C)c3ccc(C)cc3)cc2)cc1. The van der Waals surface area contributed by atoms with Crippen molar-refractivity contribution in [1.82, 2.24) is 0 Å². The predicted octanol–water partition coefficient (Wildman–Crippen LogP) is 16.3. The minimum Gasteiger partial charge on any atom is -0.497 e. The zero-order chi connectivity index (χ0) is 47.3. The van der Waals surface area contributed by atoms with E-state index in [1.807, 2.05) is 0 Å². The number of hydrogen-bond donors (Lipinski definition) is 0. The van der Waals surface area contributed by atoms with E-state index >= 15 is 0 Å². The van der Waals surface area contributed by atoms with E-state index in [9.17, 15) is 9.59 Å². The average molecular weight is 867 g/mol. The number of hydrogen-bond acceptors (Lipinski definition) is 5. The Balaban J connectivity index is 1.31. The Bertz CT molecular complexity index is 1830. The van der Waals surface area contributed by atoms with Gasteiger partial charge in [-0.15, -0.1) is 0 Å². The quantitative estimate of drug-likeness (QED) is 0.0714. The highest BCUT2D eigenvalue weighted by molar-refractivity contribution is 5.93. The van der Waals surface area contributed by atoms with E-state index in [-0.39, 0.29) is 44.4 Å². The van der Waals surface area contributed by atoms with Crippen LogP contribution >= 0.6 is 0 Å². The Kier molecular flexibility index (Phi) is 19.6. The molecule has 0 saturated heterocycles. The summed E-state index contributed by atoms with van der Waals surface area (Å²) in [6.07, 6.45) is 13.2. The first-order valence-electron chi connectivity index (χ1n) is 24.3. The number of carbonyl (C=O) groups is 2. The third-order valence-corrected chi connectivity index (χ3v) is 13.6. The molecule has 0 heterocycles. The van der Waals surface area contributed by atoms with Gasteiger partial charge >= 0.3 is 11.9 Å². The van der Waals surface area contributed by atoms with Crippen molar-refractivity contribution in [2.45, 2.75) is 192 Å². The number of benzene rings is 3. The van der Waals surface area contributed by atoms with Gasteiger partial charge in [-0.1, -0.05) is 165 Å². The molecule has 0 bridgehead atoms. The molecule has 352 valence electrons. The van der Waals surface area contributed by atoms with Crippen molar-refractivity contribution in [3.8, 4) is 5.75 Å². The predicted molar refractivity (Wildman–Crippen MR) is 266 cm³/mol. The highest BCUT2D eigenvalue weighted by Crippen LogP contribution is 2.46. The minimum atomic E-state index is -0.352. The van der Waals surface area contributed by atoms with Gasteiger partial charge in [0.05, 0.1) is 31.5 Å². The summed E-state index contributed by atoms with van der Waals surface area (Å²) < 4.78 is 16.7. The summed E-state index contributed by atoms with van der Waals surface area (Å²) in [4.78, 5) is 25.7. The number of methoxy groups -OCH3 is 1. The lowest BCUT2D eigenvalue weighted by atomic mass is 9.65. The van der Waals surface area contributed by atoms with E-state index in [0.717, 1.165) is 57.1 Å². The molecule has 0 aromatic heterocycles. The Hall–Kier alpha value is -3.60. The van der Waals surface area contributed by atoms with Crippen LogP contribution in [0.15, 0.2) is 72.8 Å². The Labute approximate surface area is 386 Å². The van der Waals surface area contributed by atoms with Crippen molar-refractivity contribution < 1.29 is 23.8 Å². The van der Waals surface area contributed by atoms with Crippen LogP contribution in [0, 0.1) is 40.4 Å². The number of carbonyl (C=O) groups excluding carboxylic acids is 2. The van der Waals surface area contributed by atoms with Gasteiger partial charge in [-0.3, -0.25) is 0 Å². The van der Waals surface area contributed by atoms with Gasteiger partial charge in [-0.25, -0.2) is 9.59 Å². The van der Waals surface area contributed by atoms with Crippen LogP contribution < -0.4 is 4.74 Å². The summed E-state index contributed by atoms with van der Waals surface area (Å²) in [6.45, 7) is 36.3. The summed E-state index contributed by atoms with van der Waals surface area (Å²) in [5.74, 6) is 1.13. The normalized spacial score (nSPS) is 14.0. The molecule has 3 aromatic rings. The molecule has 5 heteroatoms. The van der Waals surface area contributed by atoms with Crippen molar-refractivity contribution in [3.63, 3.8) is 0 Å². The molecule has 0 amide bonds. The monoisotopic (exact) mass is 867 g/mol. The van der Waals surface area contributed by atoms with Crippen LogP contribution in [-0.4, -0.2) is 32.3 Å². The maximum absolute atomic E-state index is 12.8. The first-order valence-corrected chi connectivity index (χ1v) is 24.3. The van der Waals surface area contributed by atoms with Gasteiger partial charge in [0, 0.05) is 0 Å². The van der Waals surface area contributed by atoms with Crippen LogP contribution in [0.4, 0.5) is 0 Å². The summed E-state index contributed by atoms with van der Waals surface area (Å²) in [6, 6.07) is 24.3. The third-order valence-electron chi connectivity index (χ3n) is 13.6. The molecule has 3 rings (SSSR count). The van der Waals surface area contributed by atoms with Crippen molar-refractivity contribution in [2.24, 2.45) is 33.5 Å². The van der Waals surface area contributed by atoms with Crippen molar-refractivity contribution >= 4 is 11.9 Å². The largest absolute Gasteiger partial charge is 0.497 e. The Morgan fingerprint density at radius 3 is 1.17 bits per heavy atom. The molecular formula is C58H90O5. The number of ether oxygens (including phenoxy) is 3. The van der Waals surface area contributed by atoms with Gasteiger partial charge in [0.15, 0.2) is 0 Å². The first-order chi connectivity index (χ1) is 29.1. The van der Waals surface area contributed by atoms with Crippen LogP contribution in [0.2, 0.25) is 0 Å². The maximum atomic E-state index is 12.8. The van der Waals surface area contributed by atoms with Gasteiger partial charge in [0.2, 0.25) is 0 Å². The van der Waals surface area contributed by atoms with E-state index in [0.29, 0.717) is 36.2 Å². The number of esters is 2. The van der Waals surface area contributed by atoms with Crippen molar-refractivity contribution in [2.75, 3.05) is 20.3 Å². The lowest BCUT2D eigenvalue weighted by Gasteiger charge is -2.40. The van der Waals surface area contributed by atoms with Crippen LogP contribution in [0.1, 0.15) is 211 Å². The smallest absolute Gasteiger partial charge is 0.338 e. The summed E-state index contributed by atoms with van der Waals surface area (Å²) >= 11 is 0. The second kappa shape index (κ2) is 23.0. The van der Waals surface area contributed by atoms with Gasteiger partial charge in [-0.2, -0.15) is 0 Å². The second-order valence-electron chi connectivity index (χ2n) is 24.1. The fourth-order valence-corrected chi connectivity index (χ4v) is 11.3. The third kappa shape index (κ3) is 19.2. The van der Waals surface area contributed by atoms with E-state index < -0.39 is 0 Å². The molecule has 3 aromatic carbocycles. The highest BCUT2D eigenvalue weighted by atomic mass is 16.5. The van der Waals surface area contributed by atoms with Gasteiger partial charge in [-0.05, 0) is 150 Å². The number of aryl methyl sites for hydroxylation is 1. The highest BCUT2D eigenvalue weighted by Gasteiger charge is 2.36. The average Bonchev–Trinajstić information content (AvgIpc) is 3.16. The van der Waals surface area contributed by atoms with Crippen molar-refractivity contribution in [3.05, 3.63) is 101 Å². The van der Waals surface area contributed by atoms with Gasteiger partial charge < -0.3 is 14.2 Å². The van der Waals surface area contributed by atoms with E-state index in [2.05, 4.69) is 152 Å². The molecule has 5 nitrogen and oxygen atoms in total. The van der Waals surface area contributed by atoms with Crippen LogP contribution in [-0.2, 0) is 20.3 Å². The molecule has 2 atom stereocenters. The minimum absolute atomic E-state index is 0.0720. The number of rotatable bonds is 27. The second-order valence-corrected chi connectivity index (χ2v) is 24.1. The molecule has 0 radical (unpaired) electrons. The van der Waals surface area contributed by atoms with Gasteiger partial charge in [0.1, 0.15) is 5.75 Å². The lowest BCUT2D eigenvalue weighted by Crippen LogP contribution is -2.31. The maximum Gasteiger partial charge on any atom is 0.338 e. The molecular weight excluding hydrogens is 777 g/mol. The molecule has 0 fully saturated rings. The molecule has 0 aliphatic rings. The zero-order valence-corrected chi connectivity index (χ0v) is 43.0. The zero-order valence-electron chi connectivity index (χ0n) is 43.0. The fourth-order valence-electron chi connectivity index (χ4n) is 11.3. The van der Waals surface area contributed by atoms with Crippen molar-refractivity contribution in [1.29, 1.82) is 0 Å². The van der Waals surface area contributed by atoms with Crippen LogP contribution in [0.3, 0.4) is 0 Å². The topological polar surface area (TPSA) is 61.8 Å². The standard InChI is InChI=1S/C58H90O5/c1-43(19-17-35-53(4,5)39-55(8,9)41-57(12,13)48-27-21-45(3)22-28-48)33-37-62-51(59)46-23-25-47(26-24-46)52(60)63-38-34-44(2)20-18-36-54(6,7)40-56(10,11)42-58(14,15)49-29-31-50(61-16)32-30-49/h21-32,43-44H,17-20,33-42H2,1-16H3. The molecule has 0 saturated carbocycles. The first kappa shape index (κ1) is 53.7. The lowest BCUT2D eigenvalue weighted by molar-refractivity contribution is 0.0468. The van der Waals surface area contributed by atoms with E-state index in [1.165, 1.54) is 42.4 Å². The van der Waals surface area contributed by atoms with E-state index in [4.69, 9.17) is 14.2 Å².